The summed E-state index contributed by atoms with van der Waals surface area (Å²) in [5.74, 6) is 1.08. The summed E-state index contributed by atoms with van der Waals surface area (Å²) in [7, 11) is 4.83. The second kappa shape index (κ2) is 9.05. The third kappa shape index (κ3) is 5.32. The van der Waals surface area contributed by atoms with E-state index >= 15 is 0 Å². The van der Waals surface area contributed by atoms with Crippen LogP contribution in [-0.2, 0) is 6.54 Å². The number of hydrogen-bond acceptors (Lipinski definition) is 4. The largest absolute Gasteiger partial charge is 0.497 e. The number of halogens is 1. The molecule has 0 aliphatic heterocycles. The SMILES string of the molecule is COc1ccc(CN(C)C(=O)Nc2ccc(Cl)c(C(=O)NC3CC3)c2)c(OC)c1. The molecule has 8 heteroatoms. The zero-order valence-electron chi connectivity index (χ0n) is 16.6. The van der Waals surface area contributed by atoms with E-state index in [4.69, 9.17) is 21.1 Å². The monoisotopic (exact) mass is 417 g/mol. The zero-order valence-corrected chi connectivity index (χ0v) is 17.4. The smallest absolute Gasteiger partial charge is 0.321 e. The Kier molecular flexibility index (Phi) is 6.49. The number of methoxy groups -OCH3 is 2. The van der Waals surface area contributed by atoms with Crippen molar-refractivity contribution in [3.63, 3.8) is 0 Å². The second-order valence-electron chi connectivity index (χ2n) is 6.91. The summed E-state index contributed by atoms with van der Waals surface area (Å²) >= 11 is 6.15. The molecule has 29 heavy (non-hydrogen) atoms. The van der Waals surface area contributed by atoms with Gasteiger partial charge in [0.05, 0.1) is 31.4 Å². The van der Waals surface area contributed by atoms with Crippen molar-refractivity contribution in [3.05, 3.63) is 52.5 Å². The van der Waals surface area contributed by atoms with Gasteiger partial charge in [-0.25, -0.2) is 4.79 Å². The number of nitrogens with one attached hydrogen (secondary N) is 2. The highest BCUT2D eigenvalue weighted by molar-refractivity contribution is 6.34. The van der Waals surface area contributed by atoms with Gasteiger partial charge in [-0.2, -0.15) is 0 Å². The van der Waals surface area contributed by atoms with Gasteiger partial charge in [0.1, 0.15) is 11.5 Å². The Labute approximate surface area is 174 Å². The second-order valence-corrected chi connectivity index (χ2v) is 7.31. The maximum atomic E-state index is 12.6. The van der Waals surface area contributed by atoms with Gasteiger partial charge in [0.15, 0.2) is 0 Å². The van der Waals surface area contributed by atoms with Crippen LogP contribution in [0.15, 0.2) is 36.4 Å². The predicted octanol–water partition coefficient (Wildman–Crippen LogP) is 3.91. The number of amides is 3. The van der Waals surface area contributed by atoms with Crippen LogP contribution in [0.4, 0.5) is 10.5 Å². The van der Waals surface area contributed by atoms with E-state index in [1.807, 2.05) is 12.1 Å². The normalized spacial score (nSPS) is 12.8. The summed E-state index contributed by atoms with van der Waals surface area (Å²) in [4.78, 5) is 26.4. The Morgan fingerprint density at radius 1 is 1.14 bits per heavy atom. The van der Waals surface area contributed by atoms with Gasteiger partial charge in [0.2, 0.25) is 0 Å². The average Bonchev–Trinajstić information content (AvgIpc) is 3.53. The van der Waals surface area contributed by atoms with Crippen LogP contribution in [0, 0.1) is 0 Å². The van der Waals surface area contributed by atoms with Gasteiger partial charge in [-0.3, -0.25) is 4.79 Å². The minimum Gasteiger partial charge on any atom is -0.497 e. The molecule has 154 valence electrons. The fourth-order valence-corrected chi connectivity index (χ4v) is 3.00. The van der Waals surface area contributed by atoms with Crippen LogP contribution in [0.1, 0.15) is 28.8 Å². The topological polar surface area (TPSA) is 79.9 Å². The molecule has 1 saturated carbocycles. The third-order valence-corrected chi connectivity index (χ3v) is 4.95. The molecule has 0 heterocycles. The zero-order chi connectivity index (χ0) is 21.0. The molecule has 0 radical (unpaired) electrons. The number of urea groups is 1. The summed E-state index contributed by atoms with van der Waals surface area (Å²) in [5, 5.41) is 6.04. The molecule has 3 amide bonds. The predicted molar refractivity (Wildman–Crippen MR) is 112 cm³/mol. The van der Waals surface area contributed by atoms with Crippen molar-refractivity contribution in [3.8, 4) is 11.5 Å². The molecule has 0 spiro atoms. The first-order valence-corrected chi connectivity index (χ1v) is 9.62. The number of benzene rings is 2. The standard InChI is InChI=1S/C21H24ClN3O4/c1-25(12-13-4-8-16(28-2)11-19(13)29-3)21(27)24-15-7-9-18(22)17(10-15)20(26)23-14-5-6-14/h4,7-11,14H,5-6,12H2,1-3H3,(H,23,26)(H,24,27). The maximum Gasteiger partial charge on any atom is 0.321 e. The van der Waals surface area contributed by atoms with Crippen LogP contribution < -0.4 is 20.1 Å². The number of rotatable bonds is 7. The number of nitrogens with zero attached hydrogens (tertiary/aromatic N) is 1. The summed E-state index contributed by atoms with van der Waals surface area (Å²) < 4.78 is 10.6. The molecule has 3 rings (SSSR count). The number of carbonyl (C=O) groups is 2. The molecule has 0 atom stereocenters. The van der Waals surface area contributed by atoms with Crippen molar-refractivity contribution in [2.75, 3.05) is 26.6 Å². The van der Waals surface area contributed by atoms with Crippen molar-refractivity contribution in [1.29, 1.82) is 0 Å². The molecule has 0 aromatic heterocycles. The lowest BCUT2D eigenvalue weighted by Gasteiger charge is -2.20. The number of hydrogen-bond donors (Lipinski definition) is 2. The van der Waals surface area contributed by atoms with Crippen molar-refractivity contribution in [1.82, 2.24) is 10.2 Å². The van der Waals surface area contributed by atoms with Crippen LogP contribution in [0.2, 0.25) is 5.02 Å². The van der Waals surface area contributed by atoms with Crippen molar-refractivity contribution >= 4 is 29.2 Å². The van der Waals surface area contributed by atoms with Crippen molar-refractivity contribution < 1.29 is 19.1 Å². The molecule has 2 aromatic carbocycles. The first-order chi connectivity index (χ1) is 13.9. The molecule has 2 aromatic rings. The average molecular weight is 418 g/mol. The Hall–Kier alpha value is -2.93. The lowest BCUT2D eigenvalue weighted by molar-refractivity contribution is 0.0951. The molecule has 0 saturated heterocycles. The quantitative estimate of drug-likeness (QED) is 0.715. The van der Waals surface area contributed by atoms with E-state index in [9.17, 15) is 9.59 Å². The Morgan fingerprint density at radius 2 is 1.90 bits per heavy atom. The van der Waals surface area contributed by atoms with Gasteiger partial charge in [-0.15, -0.1) is 0 Å². The lowest BCUT2D eigenvalue weighted by atomic mass is 10.1. The van der Waals surface area contributed by atoms with Crippen LogP contribution in [-0.4, -0.2) is 44.1 Å². The third-order valence-electron chi connectivity index (χ3n) is 4.62. The molecule has 0 unspecified atom stereocenters. The van der Waals surface area contributed by atoms with Crippen molar-refractivity contribution in [2.24, 2.45) is 0 Å². The summed E-state index contributed by atoms with van der Waals surface area (Å²) in [6.45, 7) is 0.335. The van der Waals surface area contributed by atoms with E-state index in [0.29, 0.717) is 34.3 Å². The van der Waals surface area contributed by atoms with Gasteiger partial charge < -0.3 is 25.0 Å². The molecule has 7 nitrogen and oxygen atoms in total. The first-order valence-electron chi connectivity index (χ1n) is 9.24. The number of ether oxygens (including phenoxy) is 2. The van der Waals surface area contributed by atoms with Gasteiger partial charge in [-0.05, 0) is 43.2 Å². The highest BCUT2D eigenvalue weighted by Gasteiger charge is 2.25. The van der Waals surface area contributed by atoms with E-state index in [1.165, 1.54) is 4.90 Å². The molecular weight excluding hydrogens is 394 g/mol. The van der Waals surface area contributed by atoms with E-state index in [1.54, 1.807) is 45.5 Å². The van der Waals surface area contributed by atoms with Crippen LogP contribution in [0.3, 0.4) is 0 Å². The highest BCUT2D eigenvalue weighted by atomic mass is 35.5. The Balaban J connectivity index is 1.67. The summed E-state index contributed by atoms with van der Waals surface area (Å²) in [5.41, 5.74) is 1.68. The molecule has 2 N–H and O–H groups in total. The van der Waals surface area contributed by atoms with E-state index in [-0.39, 0.29) is 18.0 Å². The van der Waals surface area contributed by atoms with Crippen molar-refractivity contribution in [2.45, 2.75) is 25.4 Å². The van der Waals surface area contributed by atoms with E-state index in [0.717, 1.165) is 18.4 Å². The Bertz CT molecular complexity index is 915. The van der Waals surface area contributed by atoms with E-state index < -0.39 is 0 Å². The first kappa shape index (κ1) is 20.8. The van der Waals surface area contributed by atoms with Gasteiger partial charge in [0, 0.05) is 30.4 Å². The van der Waals surface area contributed by atoms with Crippen LogP contribution in [0.25, 0.3) is 0 Å². The van der Waals surface area contributed by atoms with Gasteiger partial charge >= 0.3 is 6.03 Å². The molecular formula is C21H24ClN3O4. The minimum atomic E-state index is -0.321. The van der Waals surface area contributed by atoms with Crippen LogP contribution >= 0.6 is 11.6 Å². The highest BCUT2D eigenvalue weighted by Crippen LogP contribution is 2.26. The van der Waals surface area contributed by atoms with Crippen LogP contribution in [0.5, 0.6) is 11.5 Å². The Morgan fingerprint density at radius 3 is 2.55 bits per heavy atom. The maximum absolute atomic E-state index is 12.6. The summed E-state index contributed by atoms with van der Waals surface area (Å²) in [6.07, 6.45) is 1.97. The number of carbonyl (C=O) groups excluding carboxylic acids is 2. The fourth-order valence-electron chi connectivity index (χ4n) is 2.80. The molecule has 1 fully saturated rings. The van der Waals surface area contributed by atoms with E-state index in [2.05, 4.69) is 10.6 Å². The molecule has 1 aliphatic rings. The molecule has 0 bridgehead atoms. The summed E-state index contributed by atoms with van der Waals surface area (Å²) in [6, 6.07) is 10.2. The van der Waals surface area contributed by atoms with Gasteiger partial charge in [0.25, 0.3) is 5.91 Å². The number of anilines is 1. The minimum absolute atomic E-state index is 0.224. The lowest BCUT2D eigenvalue weighted by Crippen LogP contribution is -2.31. The molecule has 1 aliphatic carbocycles. The van der Waals surface area contributed by atoms with Gasteiger partial charge in [-0.1, -0.05) is 11.6 Å². The fraction of sp³-hybridized carbons (Fsp3) is 0.333.